The van der Waals surface area contributed by atoms with Crippen LogP contribution in [-0.4, -0.2) is 52.9 Å². The number of alkyl halides is 1. The van der Waals surface area contributed by atoms with Crippen LogP contribution in [0.4, 0.5) is 5.82 Å². The second kappa shape index (κ2) is 5.80. The molecule has 1 aromatic heterocycles. The molecule has 88 valence electrons. The number of hydrogen-bond donors (Lipinski definition) is 0. The van der Waals surface area contributed by atoms with Crippen LogP contribution < -0.4 is 4.90 Å². The van der Waals surface area contributed by atoms with Crippen LogP contribution in [0.2, 0.25) is 5.02 Å². The second-order valence-corrected chi connectivity index (χ2v) is 4.91. The van der Waals surface area contributed by atoms with Crippen molar-refractivity contribution in [2.24, 2.45) is 0 Å². The molecule has 0 bridgehead atoms. The molecule has 16 heavy (non-hydrogen) atoms. The number of nitrogens with zero attached hydrogens (tertiary/aromatic N) is 4. The zero-order chi connectivity index (χ0) is 11.4. The smallest absolute Gasteiger partial charge is 0.150 e. The molecule has 0 amide bonds. The van der Waals surface area contributed by atoms with Crippen molar-refractivity contribution >= 4 is 33.3 Å². The van der Waals surface area contributed by atoms with Crippen LogP contribution in [0.1, 0.15) is 0 Å². The average Bonchev–Trinajstić information content (AvgIpc) is 2.31. The van der Waals surface area contributed by atoms with Gasteiger partial charge in [0, 0.05) is 38.1 Å². The topological polar surface area (TPSA) is 32.3 Å². The third kappa shape index (κ3) is 2.84. The Labute approximate surface area is 109 Å². The van der Waals surface area contributed by atoms with E-state index in [4.69, 9.17) is 11.6 Å². The van der Waals surface area contributed by atoms with Crippen molar-refractivity contribution in [2.45, 2.75) is 0 Å². The van der Waals surface area contributed by atoms with Crippen LogP contribution in [0, 0.1) is 0 Å². The molecule has 0 saturated carbocycles. The average molecular weight is 306 g/mol. The first-order valence-corrected chi connectivity index (χ1v) is 6.80. The van der Waals surface area contributed by atoms with Crippen molar-refractivity contribution in [1.82, 2.24) is 14.9 Å². The van der Waals surface area contributed by atoms with E-state index in [1.54, 1.807) is 12.5 Å². The summed E-state index contributed by atoms with van der Waals surface area (Å²) in [4.78, 5) is 12.8. The molecule has 0 N–H and O–H groups in total. The van der Waals surface area contributed by atoms with Gasteiger partial charge in [-0.05, 0) is 0 Å². The molecule has 0 unspecified atom stereocenters. The number of halogens is 2. The van der Waals surface area contributed by atoms with Crippen molar-refractivity contribution in [3.63, 3.8) is 0 Å². The fourth-order valence-corrected chi connectivity index (χ4v) is 2.57. The first kappa shape index (κ1) is 12.1. The highest BCUT2D eigenvalue weighted by Crippen LogP contribution is 2.22. The van der Waals surface area contributed by atoms with E-state index in [0.29, 0.717) is 5.02 Å². The summed E-state index contributed by atoms with van der Waals surface area (Å²) in [7, 11) is 0. The molecule has 1 aliphatic rings. The van der Waals surface area contributed by atoms with E-state index in [1.165, 1.54) is 0 Å². The fourth-order valence-electron chi connectivity index (χ4n) is 1.84. The van der Waals surface area contributed by atoms with Crippen LogP contribution in [0.25, 0.3) is 0 Å². The van der Waals surface area contributed by atoms with E-state index in [1.807, 2.05) is 0 Å². The van der Waals surface area contributed by atoms with Crippen LogP contribution in [0.3, 0.4) is 0 Å². The van der Waals surface area contributed by atoms with Gasteiger partial charge in [0.05, 0.1) is 6.20 Å². The van der Waals surface area contributed by atoms with Gasteiger partial charge in [-0.1, -0.05) is 27.5 Å². The first-order valence-electron chi connectivity index (χ1n) is 5.30. The molecule has 6 heteroatoms. The molecule has 0 aromatic carbocycles. The Morgan fingerprint density at radius 3 is 2.69 bits per heavy atom. The lowest BCUT2D eigenvalue weighted by atomic mass is 10.3. The zero-order valence-electron chi connectivity index (χ0n) is 8.94. The molecule has 4 nitrogen and oxygen atoms in total. The Bertz CT molecular complexity index is 341. The Balaban J connectivity index is 1.96. The Morgan fingerprint density at radius 1 is 1.31 bits per heavy atom. The summed E-state index contributed by atoms with van der Waals surface area (Å²) >= 11 is 9.53. The van der Waals surface area contributed by atoms with Crippen molar-refractivity contribution in [1.29, 1.82) is 0 Å². The zero-order valence-corrected chi connectivity index (χ0v) is 11.3. The highest BCUT2D eigenvalue weighted by atomic mass is 79.9. The molecule has 0 radical (unpaired) electrons. The van der Waals surface area contributed by atoms with Crippen LogP contribution in [0.15, 0.2) is 12.5 Å². The highest BCUT2D eigenvalue weighted by Gasteiger charge is 2.19. The van der Waals surface area contributed by atoms with Crippen LogP contribution in [-0.2, 0) is 0 Å². The first-order chi connectivity index (χ1) is 7.81. The predicted molar refractivity (Wildman–Crippen MR) is 69.5 cm³/mol. The van der Waals surface area contributed by atoms with E-state index in [0.717, 1.165) is 43.9 Å². The van der Waals surface area contributed by atoms with Gasteiger partial charge < -0.3 is 4.90 Å². The monoisotopic (exact) mass is 304 g/mol. The van der Waals surface area contributed by atoms with Gasteiger partial charge in [0.15, 0.2) is 5.82 Å². The molecule has 2 rings (SSSR count). The number of piperazine rings is 1. The normalized spacial score (nSPS) is 17.8. The molecule has 0 spiro atoms. The molecule has 1 aliphatic heterocycles. The summed E-state index contributed by atoms with van der Waals surface area (Å²) in [6.07, 6.45) is 3.20. The summed E-state index contributed by atoms with van der Waals surface area (Å²) < 4.78 is 0. The lowest BCUT2D eigenvalue weighted by molar-refractivity contribution is 0.273. The van der Waals surface area contributed by atoms with E-state index < -0.39 is 0 Å². The number of rotatable bonds is 3. The number of aromatic nitrogens is 2. The summed E-state index contributed by atoms with van der Waals surface area (Å²) in [6.45, 7) is 5.18. The van der Waals surface area contributed by atoms with Gasteiger partial charge in [0.2, 0.25) is 0 Å². The van der Waals surface area contributed by atoms with Crippen LogP contribution >= 0.6 is 27.5 Å². The summed E-state index contributed by atoms with van der Waals surface area (Å²) in [5.74, 6) is 0.857. The third-order valence-electron chi connectivity index (χ3n) is 2.72. The molecule has 1 fully saturated rings. The standard InChI is InChI=1S/C10H14BrClN4/c11-1-2-15-3-5-16(6-4-15)10-9(12)7-13-8-14-10/h7-8H,1-6H2. The molecule has 0 atom stereocenters. The third-order valence-corrected chi connectivity index (χ3v) is 3.34. The maximum absolute atomic E-state index is 6.07. The maximum Gasteiger partial charge on any atom is 0.150 e. The minimum absolute atomic E-state index is 0.636. The summed E-state index contributed by atoms with van der Waals surface area (Å²) in [5, 5.41) is 1.66. The van der Waals surface area contributed by atoms with Gasteiger partial charge in [0.1, 0.15) is 11.3 Å². The predicted octanol–water partition coefficient (Wildman–Crippen LogP) is 1.65. The Kier molecular flexibility index (Phi) is 4.37. The molecule has 1 saturated heterocycles. The van der Waals surface area contributed by atoms with Gasteiger partial charge in [0.25, 0.3) is 0 Å². The SMILES string of the molecule is Clc1cncnc1N1CCN(CCBr)CC1. The van der Waals surface area contributed by atoms with Gasteiger partial charge in [-0.2, -0.15) is 0 Å². The van der Waals surface area contributed by atoms with Crippen molar-refractivity contribution in [3.05, 3.63) is 17.5 Å². The quantitative estimate of drug-likeness (QED) is 0.795. The van der Waals surface area contributed by atoms with Gasteiger partial charge in [-0.25, -0.2) is 9.97 Å². The molecular weight excluding hydrogens is 291 g/mol. The number of hydrogen-bond acceptors (Lipinski definition) is 4. The van der Waals surface area contributed by atoms with Crippen molar-refractivity contribution in [3.8, 4) is 0 Å². The van der Waals surface area contributed by atoms with E-state index in [2.05, 4.69) is 35.7 Å². The minimum atomic E-state index is 0.636. The molecule has 2 heterocycles. The summed E-state index contributed by atoms with van der Waals surface area (Å²) in [5.41, 5.74) is 0. The fraction of sp³-hybridized carbons (Fsp3) is 0.600. The Hall–Kier alpha value is -0.390. The highest BCUT2D eigenvalue weighted by molar-refractivity contribution is 9.09. The van der Waals surface area contributed by atoms with Crippen LogP contribution in [0.5, 0.6) is 0 Å². The molecule has 1 aromatic rings. The lowest BCUT2D eigenvalue weighted by Crippen LogP contribution is -2.47. The van der Waals surface area contributed by atoms with Gasteiger partial charge in [-0.3, -0.25) is 4.90 Å². The van der Waals surface area contributed by atoms with E-state index in [9.17, 15) is 0 Å². The number of anilines is 1. The minimum Gasteiger partial charge on any atom is -0.353 e. The van der Waals surface area contributed by atoms with Gasteiger partial charge in [-0.15, -0.1) is 0 Å². The van der Waals surface area contributed by atoms with Crippen molar-refractivity contribution < 1.29 is 0 Å². The largest absolute Gasteiger partial charge is 0.353 e. The Morgan fingerprint density at radius 2 is 2.06 bits per heavy atom. The van der Waals surface area contributed by atoms with Gasteiger partial charge >= 0.3 is 0 Å². The van der Waals surface area contributed by atoms with E-state index >= 15 is 0 Å². The molecule has 0 aliphatic carbocycles. The summed E-state index contributed by atoms with van der Waals surface area (Å²) in [6, 6.07) is 0. The maximum atomic E-state index is 6.07. The lowest BCUT2D eigenvalue weighted by Gasteiger charge is -2.35. The second-order valence-electron chi connectivity index (χ2n) is 3.71. The molecular formula is C10H14BrClN4. The van der Waals surface area contributed by atoms with Crippen molar-refractivity contribution in [2.75, 3.05) is 43.0 Å². The van der Waals surface area contributed by atoms with E-state index in [-0.39, 0.29) is 0 Å².